The van der Waals surface area contributed by atoms with E-state index in [1.165, 1.54) is 0 Å². The number of para-hydroxylation sites is 2. The van der Waals surface area contributed by atoms with Gasteiger partial charge in [0.15, 0.2) is 0 Å². The van der Waals surface area contributed by atoms with Crippen molar-refractivity contribution in [2.45, 2.75) is 6.42 Å². The minimum Gasteiger partial charge on any atom is -0.324 e. The van der Waals surface area contributed by atoms with Gasteiger partial charge in [0.05, 0.1) is 32.2 Å². The minimum absolute atomic E-state index is 0.0248. The van der Waals surface area contributed by atoms with Gasteiger partial charge in [-0.05, 0) is 40.2 Å². The lowest BCUT2D eigenvalue weighted by Crippen LogP contribution is -2.14. The molecular weight excluding hydrogens is 312 g/mol. The number of hydrogen-bond acceptors (Lipinski definition) is 3. The van der Waals surface area contributed by atoms with Gasteiger partial charge in [0, 0.05) is 0 Å². The van der Waals surface area contributed by atoms with Gasteiger partial charge in [-0.15, -0.1) is 11.3 Å². The van der Waals surface area contributed by atoms with Crippen LogP contribution in [0.2, 0.25) is 0 Å². The molecule has 0 fully saturated rings. The van der Waals surface area contributed by atoms with Crippen molar-refractivity contribution in [3.8, 4) is 0 Å². The van der Waals surface area contributed by atoms with E-state index in [4.69, 9.17) is 0 Å². The molecule has 1 N–H and O–H groups in total. The largest absolute Gasteiger partial charge is 0.324 e. The summed E-state index contributed by atoms with van der Waals surface area (Å²) in [4.78, 5) is 17.5. The summed E-state index contributed by atoms with van der Waals surface area (Å²) in [6.07, 6.45) is 0.307. The fourth-order valence-corrected chi connectivity index (χ4v) is 3.19. The van der Waals surface area contributed by atoms with E-state index in [-0.39, 0.29) is 5.91 Å². The summed E-state index contributed by atoms with van der Waals surface area (Å²) in [5, 5.41) is 2.87. The highest BCUT2D eigenvalue weighted by atomic mass is 79.9. The zero-order valence-electron chi connectivity index (χ0n) is 9.31. The van der Waals surface area contributed by atoms with Gasteiger partial charge < -0.3 is 5.32 Å². The number of amides is 1. The summed E-state index contributed by atoms with van der Waals surface area (Å²) in [5.74, 6) is -0.0248. The minimum atomic E-state index is -0.0248. The van der Waals surface area contributed by atoms with Crippen LogP contribution in [0.1, 0.15) is 11.3 Å². The summed E-state index contributed by atoms with van der Waals surface area (Å²) in [7, 11) is 0. The quantitative estimate of drug-likeness (QED) is 0.848. The Balaban J connectivity index is 2.10. The molecule has 3 rings (SSSR count). The third-order valence-electron chi connectivity index (χ3n) is 2.62. The lowest BCUT2D eigenvalue weighted by Gasteiger charge is -2.02. The molecule has 0 atom stereocenters. The smallest absolute Gasteiger partial charge is 0.230 e. The molecule has 1 aromatic heterocycles. The number of rotatable bonds is 1. The molecule has 0 aliphatic carbocycles. The van der Waals surface area contributed by atoms with Crippen LogP contribution in [0.5, 0.6) is 0 Å². The maximum Gasteiger partial charge on any atom is 0.230 e. The Kier molecular flexibility index (Phi) is 3.01. The highest BCUT2D eigenvalue weighted by Gasteiger charge is 2.17. The number of carbonyl (C=O) groups excluding carboxylic acids is 1. The van der Waals surface area contributed by atoms with Crippen molar-refractivity contribution in [2.75, 3.05) is 5.32 Å². The molecule has 1 aliphatic rings. The Labute approximate surface area is 117 Å². The molecule has 0 spiro atoms. The number of aliphatic imine (C=N–C) groups is 1. The van der Waals surface area contributed by atoms with Crippen molar-refractivity contribution in [3.05, 3.63) is 45.1 Å². The molecule has 0 unspecified atom stereocenters. The average Bonchev–Trinajstić information content (AvgIpc) is 2.70. The number of hydrogen-bond donors (Lipinski definition) is 1. The van der Waals surface area contributed by atoms with Crippen molar-refractivity contribution in [1.82, 2.24) is 0 Å². The molecule has 1 amide bonds. The standard InChI is InChI=1S/C13H9BrN2OS/c14-12-6-5-11(18-12)10-7-13(17)16-9-4-2-1-3-8(9)15-10/h1-6H,7H2,(H,16,17). The molecule has 18 heavy (non-hydrogen) atoms. The van der Waals surface area contributed by atoms with Crippen molar-refractivity contribution in [3.63, 3.8) is 0 Å². The van der Waals surface area contributed by atoms with E-state index in [1.807, 2.05) is 36.4 Å². The van der Waals surface area contributed by atoms with E-state index in [0.29, 0.717) is 6.42 Å². The van der Waals surface area contributed by atoms with Crippen LogP contribution in [0.25, 0.3) is 0 Å². The van der Waals surface area contributed by atoms with Crippen LogP contribution in [-0.2, 0) is 4.79 Å². The van der Waals surface area contributed by atoms with Gasteiger partial charge >= 0.3 is 0 Å². The van der Waals surface area contributed by atoms with Crippen LogP contribution in [0.4, 0.5) is 11.4 Å². The van der Waals surface area contributed by atoms with Crippen LogP contribution in [0.3, 0.4) is 0 Å². The van der Waals surface area contributed by atoms with Gasteiger partial charge in [-0.2, -0.15) is 0 Å². The number of anilines is 1. The maximum atomic E-state index is 11.8. The molecule has 2 heterocycles. The zero-order chi connectivity index (χ0) is 12.5. The summed E-state index contributed by atoms with van der Waals surface area (Å²) in [6.45, 7) is 0. The number of halogens is 1. The van der Waals surface area contributed by atoms with Crippen molar-refractivity contribution < 1.29 is 4.79 Å². The molecule has 0 bridgehead atoms. The van der Waals surface area contributed by atoms with Crippen LogP contribution < -0.4 is 5.32 Å². The monoisotopic (exact) mass is 320 g/mol. The molecule has 1 aliphatic heterocycles. The van der Waals surface area contributed by atoms with Crippen molar-refractivity contribution >= 4 is 50.3 Å². The Morgan fingerprint density at radius 1 is 1.22 bits per heavy atom. The van der Waals surface area contributed by atoms with Gasteiger partial charge in [-0.3, -0.25) is 4.79 Å². The van der Waals surface area contributed by atoms with E-state index in [2.05, 4.69) is 26.2 Å². The van der Waals surface area contributed by atoms with E-state index >= 15 is 0 Å². The van der Waals surface area contributed by atoms with E-state index in [9.17, 15) is 4.79 Å². The fourth-order valence-electron chi connectivity index (χ4n) is 1.82. The second-order valence-electron chi connectivity index (χ2n) is 3.90. The number of thiophene rings is 1. The summed E-state index contributed by atoms with van der Waals surface area (Å²) < 4.78 is 1.04. The van der Waals surface area contributed by atoms with Gasteiger partial charge in [0.1, 0.15) is 0 Å². The molecule has 1 aromatic carbocycles. The lowest BCUT2D eigenvalue weighted by atomic mass is 10.2. The number of benzene rings is 1. The van der Waals surface area contributed by atoms with Gasteiger partial charge in [-0.25, -0.2) is 4.99 Å². The summed E-state index contributed by atoms with van der Waals surface area (Å²) in [5.41, 5.74) is 2.39. The molecular formula is C13H9BrN2OS. The molecule has 5 heteroatoms. The Bertz CT molecular complexity index is 648. The number of fused-ring (bicyclic) bond motifs is 1. The summed E-state index contributed by atoms with van der Waals surface area (Å²) in [6, 6.07) is 11.5. The van der Waals surface area contributed by atoms with Crippen LogP contribution in [0.15, 0.2) is 45.2 Å². The molecule has 0 saturated carbocycles. The van der Waals surface area contributed by atoms with Crippen LogP contribution >= 0.6 is 27.3 Å². The number of nitrogens with zero attached hydrogens (tertiary/aromatic N) is 1. The highest BCUT2D eigenvalue weighted by molar-refractivity contribution is 9.11. The number of carbonyl (C=O) groups is 1. The second-order valence-corrected chi connectivity index (χ2v) is 6.37. The van der Waals surface area contributed by atoms with E-state index in [1.54, 1.807) is 11.3 Å². The first-order chi connectivity index (χ1) is 8.72. The Hall–Kier alpha value is -1.46. The first-order valence-electron chi connectivity index (χ1n) is 5.44. The maximum absolute atomic E-state index is 11.8. The van der Waals surface area contributed by atoms with Crippen molar-refractivity contribution in [2.24, 2.45) is 4.99 Å². The normalized spacial score (nSPS) is 14.5. The van der Waals surface area contributed by atoms with E-state index in [0.717, 1.165) is 25.8 Å². The SMILES string of the molecule is O=C1CC(c2ccc(Br)s2)=Nc2ccccc2N1. The molecule has 0 saturated heterocycles. The third-order valence-corrected chi connectivity index (χ3v) is 4.29. The lowest BCUT2D eigenvalue weighted by molar-refractivity contribution is -0.115. The predicted molar refractivity (Wildman–Crippen MR) is 77.9 cm³/mol. The van der Waals surface area contributed by atoms with Crippen LogP contribution in [0, 0.1) is 0 Å². The molecule has 90 valence electrons. The molecule has 0 radical (unpaired) electrons. The summed E-state index contributed by atoms with van der Waals surface area (Å²) >= 11 is 5.01. The topological polar surface area (TPSA) is 41.5 Å². The second kappa shape index (κ2) is 4.66. The van der Waals surface area contributed by atoms with Crippen molar-refractivity contribution in [1.29, 1.82) is 0 Å². The zero-order valence-corrected chi connectivity index (χ0v) is 11.7. The van der Waals surface area contributed by atoms with Gasteiger partial charge in [-0.1, -0.05) is 12.1 Å². The molecule has 2 aromatic rings. The molecule has 3 nitrogen and oxygen atoms in total. The average molecular weight is 321 g/mol. The third kappa shape index (κ3) is 2.23. The van der Waals surface area contributed by atoms with Gasteiger partial charge in [0.25, 0.3) is 0 Å². The fraction of sp³-hybridized carbons (Fsp3) is 0.0769. The van der Waals surface area contributed by atoms with Gasteiger partial charge in [0.2, 0.25) is 5.91 Å². The van der Waals surface area contributed by atoms with Crippen LogP contribution in [-0.4, -0.2) is 11.6 Å². The predicted octanol–water partition coefficient (Wildman–Crippen LogP) is 3.97. The Morgan fingerprint density at radius 3 is 2.83 bits per heavy atom. The Morgan fingerprint density at radius 2 is 2.06 bits per heavy atom. The first kappa shape index (κ1) is 11.6. The van der Waals surface area contributed by atoms with E-state index < -0.39 is 0 Å². The number of nitrogens with one attached hydrogen (secondary N) is 1. The first-order valence-corrected chi connectivity index (χ1v) is 7.05. The highest BCUT2D eigenvalue weighted by Crippen LogP contribution is 2.31.